The Bertz CT molecular complexity index is 825. The number of nitrogens with zero attached hydrogens (tertiary/aromatic N) is 4. The number of fused-ring (bicyclic) bond motifs is 1. The van der Waals surface area contributed by atoms with Gasteiger partial charge in [0, 0.05) is 30.5 Å². The van der Waals surface area contributed by atoms with E-state index in [4.69, 9.17) is 0 Å². The van der Waals surface area contributed by atoms with Crippen LogP contribution >= 0.6 is 12.4 Å². The number of pyridine rings is 1. The molecular weight excluding hydrogens is 492 g/mol. The van der Waals surface area contributed by atoms with Crippen molar-refractivity contribution in [3.8, 4) is 0 Å². The number of aliphatic hydroxyl groups is 1. The molecular formula is C32H53ClN4O. The molecule has 0 aliphatic rings. The summed E-state index contributed by atoms with van der Waals surface area (Å²) in [7, 11) is 0. The molecule has 38 heavy (non-hydrogen) atoms. The van der Waals surface area contributed by atoms with Gasteiger partial charge in [-0.2, -0.15) is 0 Å². The van der Waals surface area contributed by atoms with Gasteiger partial charge in [0.05, 0.1) is 18.7 Å². The molecule has 214 valence electrons. The minimum Gasteiger partial charge on any atom is -0.394 e. The zero-order valence-electron chi connectivity index (χ0n) is 23.9. The van der Waals surface area contributed by atoms with E-state index in [0.717, 1.165) is 12.1 Å². The van der Waals surface area contributed by atoms with Crippen LogP contribution in [-0.4, -0.2) is 39.4 Å². The molecule has 2 aromatic heterocycles. The highest BCUT2D eigenvalue weighted by Crippen LogP contribution is 2.14. The Kier molecular flexibility index (Phi) is 21.4. The van der Waals surface area contributed by atoms with E-state index in [9.17, 15) is 5.11 Å². The van der Waals surface area contributed by atoms with Gasteiger partial charge in [0.25, 0.3) is 0 Å². The molecule has 0 amide bonds. The van der Waals surface area contributed by atoms with Gasteiger partial charge < -0.3 is 10.1 Å². The molecule has 0 bridgehead atoms. The first-order valence-electron chi connectivity index (χ1n) is 15.0. The van der Waals surface area contributed by atoms with E-state index in [1.165, 1.54) is 108 Å². The van der Waals surface area contributed by atoms with E-state index < -0.39 is 0 Å². The van der Waals surface area contributed by atoms with Gasteiger partial charge in [-0.3, -0.25) is 9.66 Å². The molecule has 0 spiro atoms. The van der Waals surface area contributed by atoms with Gasteiger partial charge in [0.2, 0.25) is 0 Å². The molecule has 5 nitrogen and oxygen atoms in total. The minimum absolute atomic E-state index is 0. The first-order valence-corrected chi connectivity index (χ1v) is 15.0. The number of para-hydroxylation sites is 1. The number of aromatic nitrogens is 3. The maximum atomic E-state index is 9.20. The number of imidazole rings is 1. The van der Waals surface area contributed by atoms with E-state index in [2.05, 4.69) is 34.0 Å². The summed E-state index contributed by atoms with van der Waals surface area (Å²) in [4.78, 5) is 8.27. The quantitative estimate of drug-likeness (QED) is 0.144. The van der Waals surface area contributed by atoms with Crippen molar-refractivity contribution in [2.75, 3.05) is 24.7 Å². The summed E-state index contributed by atoms with van der Waals surface area (Å²) in [6.45, 7) is 4.15. The molecule has 0 radical (unpaired) electrons. The molecule has 0 atom stereocenters. The Balaban J connectivity index is 0.000000541. The predicted molar refractivity (Wildman–Crippen MR) is 166 cm³/mol. The third-order valence-corrected chi connectivity index (χ3v) is 6.96. The van der Waals surface area contributed by atoms with E-state index in [-0.39, 0.29) is 19.0 Å². The van der Waals surface area contributed by atoms with Gasteiger partial charge in [0.1, 0.15) is 6.33 Å². The number of unbranched alkanes of at least 4 members (excludes halogenated alkanes) is 15. The van der Waals surface area contributed by atoms with Crippen molar-refractivity contribution >= 4 is 23.3 Å². The fourth-order valence-corrected chi connectivity index (χ4v) is 4.74. The normalized spacial score (nSPS) is 10.6. The molecule has 0 aliphatic carbocycles. The van der Waals surface area contributed by atoms with Crippen LogP contribution in [0, 0.1) is 0 Å². The number of rotatable bonds is 20. The zero-order valence-corrected chi connectivity index (χ0v) is 24.7. The number of hydrogen-bond donors (Lipinski definition) is 1. The summed E-state index contributed by atoms with van der Waals surface area (Å²) >= 11 is 0. The summed E-state index contributed by atoms with van der Waals surface area (Å²) in [6, 6.07) is 12.1. The van der Waals surface area contributed by atoms with Crippen LogP contribution in [0.5, 0.6) is 0 Å². The Labute approximate surface area is 238 Å². The highest BCUT2D eigenvalue weighted by Gasteiger charge is 2.03. The summed E-state index contributed by atoms with van der Waals surface area (Å²) in [5.41, 5.74) is 1.06. The van der Waals surface area contributed by atoms with Crippen molar-refractivity contribution in [3.63, 3.8) is 0 Å². The van der Waals surface area contributed by atoms with Crippen molar-refractivity contribution in [1.82, 2.24) is 14.6 Å². The van der Waals surface area contributed by atoms with E-state index in [1.54, 1.807) is 6.20 Å². The maximum absolute atomic E-state index is 9.20. The Morgan fingerprint density at radius 2 is 1.24 bits per heavy atom. The van der Waals surface area contributed by atoms with Crippen LogP contribution in [0.15, 0.2) is 61.3 Å². The van der Waals surface area contributed by atoms with E-state index in [1.807, 2.05) is 47.7 Å². The Morgan fingerprint density at radius 1 is 0.684 bits per heavy atom. The largest absolute Gasteiger partial charge is 0.394 e. The van der Waals surface area contributed by atoms with Crippen molar-refractivity contribution in [2.24, 2.45) is 0 Å². The average molecular weight is 545 g/mol. The lowest BCUT2D eigenvalue weighted by Crippen LogP contribution is -2.37. The Hall–Kier alpha value is -2.11. The standard InChI is InChI=1S/C23H45N3O.C9H7N.ClH/c1-2-3-4-5-6-7-8-9-10-11-12-13-14-15-16-17-19-25(21-22-27)26-20-18-24-23-26;1-2-6-9-8(4-1)5-3-7-10-9;/h18,20,23,27H,2-17,19,21-22H2,1H3;1-7H;1H. The Morgan fingerprint density at radius 3 is 1.76 bits per heavy atom. The van der Waals surface area contributed by atoms with Crippen molar-refractivity contribution in [3.05, 3.63) is 61.3 Å². The molecule has 1 N–H and O–H groups in total. The second-order valence-electron chi connectivity index (χ2n) is 10.1. The molecule has 0 unspecified atom stereocenters. The van der Waals surface area contributed by atoms with Crippen LogP contribution in [0.25, 0.3) is 10.9 Å². The van der Waals surface area contributed by atoms with Gasteiger partial charge in [-0.25, -0.2) is 4.98 Å². The van der Waals surface area contributed by atoms with Crippen LogP contribution in [0.4, 0.5) is 0 Å². The lowest BCUT2D eigenvalue weighted by molar-refractivity contribution is 0.290. The second-order valence-corrected chi connectivity index (χ2v) is 10.1. The van der Waals surface area contributed by atoms with E-state index >= 15 is 0 Å². The average Bonchev–Trinajstić information content (AvgIpc) is 3.48. The molecule has 2 heterocycles. The molecule has 0 saturated heterocycles. The lowest BCUT2D eigenvalue weighted by atomic mass is 10.0. The van der Waals surface area contributed by atoms with Gasteiger partial charge in [-0.15, -0.1) is 12.4 Å². The molecule has 3 aromatic rings. The second kappa shape index (κ2) is 24.0. The van der Waals surface area contributed by atoms with Crippen molar-refractivity contribution in [1.29, 1.82) is 0 Å². The van der Waals surface area contributed by atoms with Crippen molar-refractivity contribution < 1.29 is 5.11 Å². The molecule has 3 rings (SSSR count). The number of hydrogen-bond acceptors (Lipinski definition) is 4. The molecule has 0 saturated carbocycles. The van der Waals surface area contributed by atoms with Crippen LogP contribution in [0.2, 0.25) is 0 Å². The molecule has 6 heteroatoms. The number of halogens is 1. The third kappa shape index (κ3) is 16.0. The number of aliphatic hydroxyl groups excluding tert-OH is 1. The lowest BCUT2D eigenvalue weighted by Gasteiger charge is -2.24. The van der Waals surface area contributed by atoms with Crippen LogP contribution < -0.4 is 5.01 Å². The zero-order chi connectivity index (χ0) is 26.2. The van der Waals surface area contributed by atoms with Crippen LogP contribution in [0.1, 0.15) is 110 Å². The van der Waals surface area contributed by atoms with Gasteiger partial charge in [-0.05, 0) is 18.6 Å². The van der Waals surface area contributed by atoms with Gasteiger partial charge in [-0.1, -0.05) is 128 Å². The molecule has 0 fully saturated rings. The third-order valence-electron chi connectivity index (χ3n) is 6.96. The fraction of sp³-hybridized carbons (Fsp3) is 0.625. The highest BCUT2D eigenvalue weighted by atomic mass is 35.5. The number of benzene rings is 1. The fourth-order valence-electron chi connectivity index (χ4n) is 4.74. The maximum Gasteiger partial charge on any atom is 0.114 e. The first kappa shape index (κ1) is 33.9. The summed E-state index contributed by atoms with van der Waals surface area (Å²) in [5.74, 6) is 0. The monoisotopic (exact) mass is 544 g/mol. The van der Waals surface area contributed by atoms with Crippen molar-refractivity contribution in [2.45, 2.75) is 110 Å². The van der Waals surface area contributed by atoms with Crippen LogP contribution in [0.3, 0.4) is 0 Å². The SMILES string of the molecule is CCCCCCCCCCCCCCCCCCN(CCO)n1ccnc1.Cl.c1ccc2ncccc2c1. The smallest absolute Gasteiger partial charge is 0.114 e. The topological polar surface area (TPSA) is 54.2 Å². The van der Waals surface area contributed by atoms with Gasteiger partial charge >= 0.3 is 0 Å². The summed E-state index contributed by atoms with van der Waals surface area (Å²) in [5, 5.41) is 12.6. The minimum atomic E-state index is 0. The van der Waals surface area contributed by atoms with Gasteiger partial charge in [0.15, 0.2) is 0 Å². The van der Waals surface area contributed by atoms with Crippen LogP contribution in [-0.2, 0) is 0 Å². The summed E-state index contributed by atoms with van der Waals surface area (Å²) < 4.78 is 1.99. The highest BCUT2D eigenvalue weighted by molar-refractivity contribution is 5.85. The summed E-state index contributed by atoms with van der Waals surface area (Å²) in [6.07, 6.45) is 29.7. The first-order chi connectivity index (χ1) is 18.3. The molecule has 1 aromatic carbocycles. The van der Waals surface area contributed by atoms with E-state index in [0.29, 0.717) is 6.54 Å². The molecule has 0 aliphatic heterocycles. The predicted octanol–water partition coefficient (Wildman–Crippen LogP) is 8.73.